The SMILES string of the molecule is O=c1oc2ccccc2c2c(-c3ccccc3)n3ccccc3c12. The van der Waals surface area contributed by atoms with Crippen LogP contribution in [0.4, 0.5) is 0 Å². The summed E-state index contributed by atoms with van der Waals surface area (Å²) in [5.41, 5.74) is 3.28. The van der Waals surface area contributed by atoms with Crippen molar-refractivity contribution in [2.24, 2.45) is 0 Å². The molecule has 0 N–H and O–H groups in total. The van der Waals surface area contributed by atoms with E-state index in [-0.39, 0.29) is 5.63 Å². The molecule has 0 bridgehead atoms. The summed E-state index contributed by atoms with van der Waals surface area (Å²) in [4.78, 5) is 12.7. The molecule has 3 nitrogen and oxygen atoms in total. The smallest absolute Gasteiger partial charge is 0.346 e. The van der Waals surface area contributed by atoms with Crippen LogP contribution in [0.25, 0.3) is 38.5 Å². The fraction of sp³-hybridized carbons (Fsp3) is 0. The normalized spacial score (nSPS) is 11.5. The Labute approximate surface area is 137 Å². The number of hydrogen-bond acceptors (Lipinski definition) is 2. The quantitative estimate of drug-likeness (QED) is 0.414. The lowest BCUT2D eigenvalue weighted by atomic mass is 10.0. The van der Waals surface area contributed by atoms with Crippen LogP contribution in [0.3, 0.4) is 0 Å². The highest BCUT2D eigenvalue weighted by molar-refractivity contribution is 6.17. The molecule has 24 heavy (non-hydrogen) atoms. The molecule has 0 aliphatic carbocycles. The molecule has 5 aromatic rings. The molecule has 0 aliphatic heterocycles. The molecule has 0 unspecified atom stereocenters. The van der Waals surface area contributed by atoms with Gasteiger partial charge in [-0.3, -0.25) is 0 Å². The Morgan fingerprint density at radius 1 is 0.750 bits per heavy atom. The zero-order valence-corrected chi connectivity index (χ0v) is 12.8. The molecule has 3 aromatic heterocycles. The third-order valence-corrected chi connectivity index (χ3v) is 4.45. The second-order valence-electron chi connectivity index (χ2n) is 5.81. The van der Waals surface area contributed by atoms with Gasteiger partial charge in [0.1, 0.15) is 5.58 Å². The van der Waals surface area contributed by atoms with Crippen molar-refractivity contribution in [3.8, 4) is 11.3 Å². The molecule has 0 radical (unpaired) electrons. The molecule has 3 heteroatoms. The van der Waals surface area contributed by atoms with Gasteiger partial charge in [0.05, 0.1) is 16.6 Å². The zero-order chi connectivity index (χ0) is 16.1. The van der Waals surface area contributed by atoms with E-state index in [9.17, 15) is 4.79 Å². The minimum atomic E-state index is -0.297. The summed E-state index contributed by atoms with van der Waals surface area (Å²) >= 11 is 0. The van der Waals surface area contributed by atoms with Crippen molar-refractivity contribution >= 4 is 27.3 Å². The summed E-state index contributed by atoms with van der Waals surface area (Å²) < 4.78 is 7.64. The van der Waals surface area contributed by atoms with Crippen molar-refractivity contribution in [1.82, 2.24) is 4.40 Å². The molecule has 114 valence electrons. The molecule has 0 saturated carbocycles. The molecule has 0 saturated heterocycles. The molecular weight excluding hydrogens is 298 g/mol. The van der Waals surface area contributed by atoms with E-state index in [4.69, 9.17) is 4.42 Å². The number of pyridine rings is 1. The predicted octanol–water partition coefficient (Wildman–Crippen LogP) is 4.87. The number of nitrogens with zero attached hydrogens (tertiary/aromatic N) is 1. The van der Waals surface area contributed by atoms with Gasteiger partial charge in [0, 0.05) is 17.0 Å². The van der Waals surface area contributed by atoms with E-state index in [1.54, 1.807) is 0 Å². The maximum absolute atomic E-state index is 12.7. The van der Waals surface area contributed by atoms with Gasteiger partial charge < -0.3 is 8.82 Å². The highest BCUT2D eigenvalue weighted by Gasteiger charge is 2.19. The Kier molecular flexibility index (Phi) is 2.65. The third-order valence-electron chi connectivity index (χ3n) is 4.45. The number of hydrogen-bond donors (Lipinski definition) is 0. The van der Waals surface area contributed by atoms with E-state index in [2.05, 4.69) is 16.5 Å². The van der Waals surface area contributed by atoms with Crippen molar-refractivity contribution in [3.63, 3.8) is 0 Å². The fourth-order valence-corrected chi connectivity index (χ4v) is 3.47. The van der Waals surface area contributed by atoms with E-state index in [0.717, 1.165) is 27.5 Å². The average Bonchev–Trinajstić information content (AvgIpc) is 2.98. The van der Waals surface area contributed by atoms with Crippen LogP contribution in [-0.4, -0.2) is 4.40 Å². The van der Waals surface area contributed by atoms with Crippen LogP contribution in [-0.2, 0) is 0 Å². The molecule has 3 heterocycles. The molecule has 5 rings (SSSR count). The summed E-state index contributed by atoms with van der Waals surface area (Å²) in [6.07, 6.45) is 1.99. The second kappa shape index (κ2) is 4.83. The van der Waals surface area contributed by atoms with E-state index >= 15 is 0 Å². The first-order chi connectivity index (χ1) is 11.8. The van der Waals surface area contributed by atoms with E-state index in [1.165, 1.54) is 0 Å². The average molecular weight is 311 g/mol. The fourth-order valence-electron chi connectivity index (χ4n) is 3.47. The lowest BCUT2D eigenvalue weighted by molar-refractivity contribution is 0.570. The maximum atomic E-state index is 12.7. The van der Waals surface area contributed by atoms with Crippen LogP contribution in [0.1, 0.15) is 0 Å². The van der Waals surface area contributed by atoms with E-state index in [0.29, 0.717) is 11.0 Å². The van der Waals surface area contributed by atoms with Crippen LogP contribution in [0.2, 0.25) is 0 Å². The zero-order valence-electron chi connectivity index (χ0n) is 12.8. The topological polar surface area (TPSA) is 34.6 Å². The van der Waals surface area contributed by atoms with Gasteiger partial charge in [0.25, 0.3) is 0 Å². The van der Waals surface area contributed by atoms with Crippen molar-refractivity contribution in [2.45, 2.75) is 0 Å². The maximum Gasteiger partial charge on any atom is 0.346 e. The summed E-state index contributed by atoms with van der Waals surface area (Å²) in [6, 6.07) is 23.7. The molecule has 0 atom stereocenters. The molecule has 0 spiro atoms. The molecule has 2 aromatic carbocycles. The minimum Gasteiger partial charge on any atom is -0.422 e. The van der Waals surface area contributed by atoms with E-state index in [1.807, 2.05) is 66.9 Å². The van der Waals surface area contributed by atoms with Gasteiger partial charge in [-0.25, -0.2) is 4.79 Å². The Hall–Kier alpha value is -3.33. The number of para-hydroxylation sites is 1. The Morgan fingerprint density at radius 3 is 2.38 bits per heavy atom. The number of fused-ring (bicyclic) bond motifs is 5. The summed E-state index contributed by atoms with van der Waals surface area (Å²) in [5.74, 6) is 0. The number of benzene rings is 2. The van der Waals surface area contributed by atoms with Crippen molar-refractivity contribution in [2.75, 3.05) is 0 Å². The first kappa shape index (κ1) is 13.1. The van der Waals surface area contributed by atoms with Crippen LogP contribution < -0.4 is 5.63 Å². The van der Waals surface area contributed by atoms with Gasteiger partial charge in [-0.1, -0.05) is 54.6 Å². The monoisotopic (exact) mass is 311 g/mol. The number of aromatic nitrogens is 1. The lowest BCUT2D eigenvalue weighted by Crippen LogP contribution is -1.98. The van der Waals surface area contributed by atoms with Gasteiger partial charge in [-0.05, 0) is 23.8 Å². The molecule has 0 fully saturated rings. The van der Waals surface area contributed by atoms with Crippen LogP contribution >= 0.6 is 0 Å². The van der Waals surface area contributed by atoms with Crippen molar-refractivity contribution < 1.29 is 4.42 Å². The van der Waals surface area contributed by atoms with Crippen LogP contribution in [0.5, 0.6) is 0 Å². The van der Waals surface area contributed by atoms with E-state index < -0.39 is 0 Å². The van der Waals surface area contributed by atoms with Gasteiger partial charge in [0.15, 0.2) is 0 Å². The summed E-state index contributed by atoms with van der Waals surface area (Å²) in [6.45, 7) is 0. The van der Waals surface area contributed by atoms with Gasteiger partial charge in [-0.2, -0.15) is 0 Å². The van der Waals surface area contributed by atoms with Gasteiger partial charge in [0.2, 0.25) is 0 Å². The second-order valence-corrected chi connectivity index (χ2v) is 5.81. The van der Waals surface area contributed by atoms with Crippen LogP contribution in [0, 0.1) is 0 Å². The first-order valence-corrected chi connectivity index (χ1v) is 7.84. The highest BCUT2D eigenvalue weighted by atomic mass is 16.4. The number of rotatable bonds is 1. The molecular formula is C21H13NO2. The lowest BCUT2D eigenvalue weighted by Gasteiger charge is -2.05. The predicted molar refractivity (Wildman–Crippen MR) is 96.4 cm³/mol. The van der Waals surface area contributed by atoms with Crippen molar-refractivity contribution in [3.05, 3.63) is 89.4 Å². The first-order valence-electron chi connectivity index (χ1n) is 7.84. The van der Waals surface area contributed by atoms with Crippen molar-refractivity contribution in [1.29, 1.82) is 0 Å². The van der Waals surface area contributed by atoms with Gasteiger partial charge in [-0.15, -0.1) is 0 Å². The third kappa shape index (κ3) is 1.69. The Morgan fingerprint density at radius 2 is 1.50 bits per heavy atom. The summed E-state index contributed by atoms with van der Waals surface area (Å²) in [5, 5.41) is 2.53. The van der Waals surface area contributed by atoms with Crippen LogP contribution in [0.15, 0.2) is 88.2 Å². The largest absolute Gasteiger partial charge is 0.422 e. The minimum absolute atomic E-state index is 0.297. The molecule has 0 aliphatic rings. The van der Waals surface area contributed by atoms with Gasteiger partial charge >= 0.3 is 5.63 Å². The highest BCUT2D eigenvalue weighted by Crippen LogP contribution is 2.36. The summed E-state index contributed by atoms with van der Waals surface area (Å²) in [7, 11) is 0. The standard InChI is InChI=1S/C21H13NO2/c23-21-19-16-11-6-7-13-22(16)20(14-8-2-1-3-9-14)18(19)15-10-4-5-12-17(15)24-21/h1-13H. The Bertz CT molecular complexity index is 1260. The molecule has 0 amide bonds. The Balaban J connectivity index is 2.16.